The Hall–Kier alpha value is -7.76. The van der Waals surface area contributed by atoms with Crippen LogP contribution in [0.3, 0.4) is 0 Å². The van der Waals surface area contributed by atoms with E-state index in [-0.39, 0.29) is 5.84 Å². The van der Waals surface area contributed by atoms with Crippen molar-refractivity contribution >= 4 is 55.3 Å². The van der Waals surface area contributed by atoms with Gasteiger partial charge in [0.05, 0.1) is 22.1 Å². The summed E-state index contributed by atoms with van der Waals surface area (Å²) in [5.74, 6) is 0.534. The van der Waals surface area contributed by atoms with Crippen LogP contribution in [0.5, 0.6) is 0 Å². The smallest absolute Gasteiger partial charge is 0.154 e. The van der Waals surface area contributed by atoms with Gasteiger partial charge in [-0.05, 0) is 86.0 Å². The highest BCUT2D eigenvalue weighted by atomic mass is 15.0. The fourth-order valence-corrected chi connectivity index (χ4v) is 7.69. The van der Waals surface area contributed by atoms with Gasteiger partial charge in [-0.15, -0.1) is 0 Å². The number of rotatable bonds is 5. The molecule has 0 amide bonds. The largest absolute Gasteiger partial charge is 0.383 e. The molecule has 0 bridgehead atoms. The zero-order valence-electron chi connectivity index (χ0n) is 34.1. The molecule has 0 aliphatic rings. The summed E-state index contributed by atoms with van der Waals surface area (Å²) in [6, 6.07) is 69.3. The Morgan fingerprint density at radius 3 is 1.60 bits per heavy atom. The first-order chi connectivity index (χ1) is 29.5. The van der Waals surface area contributed by atoms with Crippen LogP contribution in [0.4, 0.5) is 0 Å². The van der Waals surface area contributed by atoms with Gasteiger partial charge in [-0.25, -0.2) is 4.99 Å². The zero-order valence-corrected chi connectivity index (χ0v) is 34.1. The lowest BCUT2D eigenvalue weighted by molar-refractivity contribution is 1.15. The molecule has 0 spiro atoms. The molecule has 0 atom stereocenters. The quantitative estimate of drug-likeness (QED) is 0.102. The number of aryl methyl sites for hydroxylation is 1. The molecule has 3 N–H and O–H groups in total. The average molecular weight is 778 g/mol. The molecule has 0 fully saturated rings. The average Bonchev–Trinajstić information content (AvgIpc) is 3.82. The van der Waals surface area contributed by atoms with E-state index in [1.165, 1.54) is 71.7 Å². The van der Waals surface area contributed by atoms with Crippen LogP contribution in [0.25, 0.3) is 66.1 Å². The van der Waals surface area contributed by atoms with Crippen molar-refractivity contribution in [2.45, 2.75) is 20.8 Å². The molecule has 5 nitrogen and oxygen atoms in total. The Balaban J connectivity index is 0.000000198. The monoisotopic (exact) mass is 777 g/mol. The fraction of sp³-hybridized carbons (Fsp3) is 0.0545. The van der Waals surface area contributed by atoms with Crippen LogP contribution in [0.1, 0.15) is 30.5 Å². The number of benzene rings is 8. The molecule has 5 heteroatoms. The number of nitrogens with one attached hydrogen (secondary N) is 1. The molecule has 8 aromatic carbocycles. The number of fused-ring (bicyclic) bond motifs is 6. The third-order valence-electron chi connectivity index (χ3n) is 10.7. The second-order valence-electron chi connectivity index (χ2n) is 14.5. The molecule has 2 heterocycles. The molecule has 2 aromatic heterocycles. The number of aromatic nitrogens is 2. The number of nitrogens with zero attached hydrogens (tertiary/aromatic N) is 3. The summed E-state index contributed by atoms with van der Waals surface area (Å²) >= 11 is 0. The van der Waals surface area contributed by atoms with E-state index in [4.69, 9.17) is 11.1 Å². The van der Waals surface area contributed by atoms with E-state index >= 15 is 0 Å². The number of allylic oxidation sites excluding steroid dienone is 2. The van der Waals surface area contributed by atoms with Crippen molar-refractivity contribution in [2.75, 3.05) is 0 Å². The lowest BCUT2D eigenvalue weighted by atomic mass is 10.0. The van der Waals surface area contributed by atoms with Gasteiger partial charge in [-0.2, -0.15) is 0 Å². The summed E-state index contributed by atoms with van der Waals surface area (Å²) < 4.78 is 4.79. The van der Waals surface area contributed by atoms with Crippen molar-refractivity contribution in [1.82, 2.24) is 9.13 Å². The Morgan fingerprint density at radius 1 is 0.467 bits per heavy atom. The first kappa shape index (κ1) is 39.1. The van der Waals surface area contributed by atoms with Gasteiger partial charge >= 0.3 is 0 Å². The predicted molar refractivity (Wildman–Crippen MR) is 256 cm³/mol. The van der Waals surface area contributed by atoms with E-state index in [0.29, 0.717) is 5.84 Å². The maximum Gasteiger partial charge on any atom is 0.154 e. The van der Waals surface area contributed by atoms with Gasteiger partial charge in [-0.1, -0.05) is 164 Å². The molecule has 0 saturated heterocycles. The Kier molecular flexibility index (Phi) is 11.6. The number of aliphatic imine (C=N–C) groups is 1. The zero-order chi connectivity index (χ0) is 41.4. The van der Waals surface area contributed by atoms with Crippen molar-refractivity contribution in [2.24, 2.45) is 10.7 Å². The van der Waals surface area contributed by atoms with Crippen molar-refractivity contribution in [1.29, 1.82) is 5.41 Å². The van der Waals surface area contributed by atoms with E-state index in [0.717, 1.165) is 11.1 Å². The summed E-state index contributed by atoms with van der Waals surface area (Å²) in [4.78, 5) is 4.10. The lowest BCUT2D eigenvalue weighted by Crippen LogP contribution is -2.15. The van der Waals surface area contributed by atoms with Crippen molar-refractivity contribution in [3.63, 3.8) is 0 Å². The summed E-state index contributed by atoms with van der Waals surface area (Å²) in [5.41, 5.74) is 18.5. The van der Waals surface area contributed by atoms with E-state index in [1.807, 2.05) is 86.7 Å². The molecule has 0 radical (unpaired) electrons. The normalized spacial score (nSPS) is 11.4. The number of para-hydroxylation sites is 4. The topological polar surface area (TPSA) is 72.1 Å². The minimum Gasteiger partial charge on any atom is -0.383 e. The summed E-state index contributed by atoms with van der Waals surface area (Å²) in [5, 5.41) is 12.9. The molecule has 0 saturated carbocycles. The van der Waals surface area contributed by atoms with Gasteiger partial charge in [0.1, 0.15) is 5.84 Å². The number of nitrogens with two attached hydrogens (primary N) is 1. The maximum atomic E-state index is 7.84. The first-order valence-corrected chi connectivity index (χ1v) is 20.3. The summed E-state index contributed by atoms with van der Waals surface area (Å²) in [6.45, 7) is 6.19. The van der Waals surface area contributed by atoms with E-state index in [2.05, 4.69) is 161 Å². The molecule has 0 aliphatic heterocycles. The lowest BCUT2D eigenvalue weighted by Gasteiger charge is -2.12. The molecule has 10 rings (SSSR count). The highest BCUT2D eigenvalue weighted by molar-refractivity contribution is 6.13. The van der Waals surface area contributed by atoms with Gasteiger partial charge in [0.2, 0.25) is 0 Å². The maximum absolute atomic E-state index is 7.84. The SMILES string of the molecule is C/C=C\C.Cc1ccccc1-n1c2ccccc2c2ccc(-c3ccc4c(c3)c3ccccc3n4-c3ccccc3)cc21.N=C(N=C(N)c1ccccc1)c1ccccc1. The van der Waals surface area contributed by atoms with Crippen LogP contribution in [0, 0.1) is 12.3 Å². The number of amidine groups is 2. The van der Waals surface area contributed by atoms with Crippen LogP contribution in [0.15, 0.2) is 217 Å². The minimum absolute atomic E-state index is 0.173. The number of hydrogen-bond acceptors (Lipinski definition) is 1. The molecule has 0 unspecified atom stereocenters. The van der Waals surface area contributed by atoms with Gasteiger partial charge in [0.25, 0.3) is 0 Å². The van der Waals surface area contributed by atoms with E-state index in [9.17, 15) is 0 Å². The van der Waals surface area contributed by atoms with Gasteiger partial charge in [0.15, 0.2) is 5.84 Å². The van der Waals surface area contributed by atoms with Crippen molar-refractivity contribution < 1.29 is 0 Å². The van der Waals surface area contributed by atoms with Crippen LogP contribution < -0.4 is 5.73 Å². The predicted octanol–water partition coefficient (Wildman–Crippen LogP) is 13.9. The van der Waals surface area contributed by atoms with Crippen LogP contribution >= 0.6 is 0 Å². The molecule has 292 valence electrons. The third kappa shape index (κ3) is 7.89. The Bertz CT molecular complexity index is 3130. The summed E-state index contributed by atoms with van der Waals surface area (Å²) in [6.07, 6.45) is 4.00. The molecule has 60 heavy (non-hydrogen) atoms. The highest BCUT2D eigenvalue weighted by Crippen LogP contribution is 2.38. The Morgan fingerprint density at radius 2 is 0.950 bits per heavy atom. The molecular formula is C55H47N5. The van der Waals surface area contributed by atoms with Crippen LogP contribution in [-0.4, -0.2) is 20.8 Å². The third-order valence-corrected chi connectivity index (χ3v) is 10.7. The van der Waals surface area contributed by atoms with Crippen molar-refractivity contribution in [3.8, 4) is 22.5 Å². The second-order valence-corrected chi connectivity index (χ2v) is 14.5. The summed E-state index contributed by atoms with van der Waals surface area (Å²) in [7, 11) is 0. The van der Waals surface area contributed by atoms with Crippen LogP contribution in [-0.2, 0) is 0 Å². The van der Waals surface area contributed by atoms with Crippen LogP contribution in [0.2, 0.25) is 0 Å². The van der Waals surface area contributed by atoms with Crippen molar-refractivity contribution in [3.05, 3.63) is 229 Å². The van der Waals surface area contributed by atoms with E-state index in [1.54, 1.807) is 0 Å². The highest BCUT2D eigenvalue weighted by Gasteiger charge is 2.16. The van der Waals surface area contributed by atoms with Gasteiger partial charge < -0.3 is 14.9 Å². The molecular weight excluding hydrogens is 731 g/mol. The Labute approximate surface area is 351 Å². The molecule has 0 aliphatic carbocycles. The van der Waals surface area contributed by atoms with Gasteiger partial charge in [-0.3, -0.25) is 5.41 Å². The standard InChI is InChI=1S/C37H26N2.C14H13N3.C4H8/c1-25-11-5-8-16-33(25)39-35-18-10-6-14-29(35)31-21-19-27(24-37(31)39)26-20-22-36-32(23-26)30-15-7-9-17-34(30)38(36)28-12-3-2-4-13-28;15-13(11-7-3-1-4-8-11)17-14(16)12-9-5-2-6-10-12;1-3-4-2/h2-24H,1H3;1-10H,(H3,15,16,17);3-4H,1-2H3/b;;4-3-. The minimum atomic E-state index is 0.173. The first-order valence-electron chi connectivity index (χ1n) is 20.3. The van der Waals surface area contributed by atoms with Gasteiger partial charge in [0, 0.05) is 44.0 Å². The van der Waals surface area contributed by atoms with E-state index < -0.39 is 0 Å². The second kappa shape index (κ2) is 17.8. The fourth-order valence-electron chi connectivity index (χ4n) is 7.69. The number of hydrogen-bond donors (Lipinski definition) is 2. The molecule has 10 aromatic rings.